The van der Waals surface area contributed by atoms with Crippen LogP contribution in [0.4, 0.5) is 10.5 Å². The Labute approximate surface area is 214 Å². The second-order valence-electron chi connectivity index (χ2n) is 7.95. The summed E-state index contributed by atoms with van der Waals surface area (Å²) in [5.41, 5.74) is 6.69. The van der Waals surface area contributed by atoms with Crippen LogP contribution < -0.4 is 25.8 Å². The molecule has 3 amide bonds. The van der Waals surface area contributed by atoms with Crippen LogP contribution in [0.3, 0.4) is 0 Å². The molecule has 0 aliphatic heterocycles. The molecule has 36 heavy (non-hydrogen) atoms. The number of carbonyl (C=O) groups is 2. The molecule has 3 rings (SSSR count). The van der Waals surface area contributed by atoms with E-state index in [1.54, 1.807) is 42.5 Å². The maximum Gasteiger partial charge on any atom is 0.319 e. The second-order valence-corrected chi connectivity index (χ2v) is 8.36. The quantitative estimate of drug-likeness (QED) is 0.306. The molecular formula is C25H30ClN5O5. The fourth-order valence-electron chi connectivity index (χ4n) is 3.49. The molecule has 0 aliphatic carbocycles. The molecule has 1 atom stereocenters. The zero-order valence-corrected chi connectivity index (χ0v) is 21.1. The highest BCUT2D eigenvalue weighted by Crippen LogP contribution is 2.31. The molecule has 0 bridgehead atoms. The van der Waals surface area contributed by atoms with Crippen LogP contribution in [-0.2, 0) is 0 Å². The molecule has 0 saturated heterocycles. The number of urea groups is 1. The van der Waals surface area contributed by atoms with Gasteiger partial charge < -0.3 is 35.8 Å². The predicted octanol–water partition coefficient (Wildman–Crippen LogP) is 3.61. The number of halogens is 1. The lowest BCUT2D eigenvalue weighted by molar-refractivity contribution is 0.0708. The number of pyridine rings is 1. The molecule has 0 spiro atoms. The van der Waals surface area contributed by atoms with Crippen molar-refractivity contribution in [3.05, 3.63) is 53.1 Å². The van der Waals surface area contributed by atoms with Gasteiger partial charge in [0.05, 0.1) is 21.8 Å². The Balaban J connectivity index is 1.81. The van der Waals surface area contributed by atoms with Crippen molar-refractivity contribution in [3.8, 4) is 17.4 Å². The van der Waals surface area contributed by atoms with Crippen LogP contribution in [0.15, 0.2) is 42.5 Å². The van der Waals surface area contributed by atoms with Gasteiger partial charge in [-0.15, -0.1) is 0 Å². The molecule has 2 aromatic carbocycles. The maximum atomic E-state index is 12.0. The van der Waals surface area contributed by atoms with Crippen LogP contribution in [0.25, 0.3) is 10.9 Å². The van der Waals surface area contributed by atoms with Gasteiger partial charge >= 0.3 is 6.03 Å². The van der Waals surface area contributed by atoms with Gasteiger partial charge in [-0.3, -0.25) is 4.79 Å². The molecule has 10 nitrogen and oxygen atoms in total. The number of anilines is 1. The normalized spacial score (nSPS) is 11.8. The van der Waals surface area contributed by atoms with Gasteiger partial charge in [-0.1, -0.05) is 25.4 Å². The highest BCUT2D eigenvalue weighted by Gasteiger charge is 2.16. The molecule has 1 heterocycles. The molecule has 0 unspecified atom stereocenters. The summed E-state index contributed by atoms with van der Waals surface area (Å²) in [6, 6.07) is 11.0. The minimum Gasteiger partial charge on any atom is -0.490 e. The summed E-state index contributed by atoms with van der Waals surface area (Å²) in [5.74, 6) is 0.278. The van der Waals surface area contributed by atoms with Crippen molar-refractivity contribution >= 4 is 40.1 Å². The molecule has 11 heteroatoms. The number of benzene rings is 2. The first kappa shape index (κ1) is 27.0. The number of aliphatic hydroxyl groups is 1. The number of nitrogens with two attached hydrogens (primary N) is 1. The summed E-state index contributed by atoms with van der Waals surface area (Å²) in [4.78, 5) is 30.1. The van der Waals surface area contributed by atoms with Gasteiger partial charge in [0.1, 0.15) is 24.2 Å². The van der Waals surface area contributed by atoms with Gasteiger partial charge in [0.15, 0.2) is 0 Å². The molecule has 5 N–H and O–H groups in total. The van der Waals surface area contributed by atoms with Crippen molar-refractivity contribution in [2.75, 3.05) is 38.6 Å². The number of hydrogen-bond acceptors (Lipinski definition) is 7. The number of amides is 3. The van der Waals surface area contributed by atoms with E-state index >= 15 is 0 Å². The fourth-order valence-corrected chi connectivity index (χ4v) is 3.70. The first-order valence-electron chi connectivity index (χ1n) is 11.5. The minimum atomic E-state index is -0.741. The number of nitrogens with zero attached hydrogens (tertiary/aromatic N) is 2. The van der Waals surface area contributed by atoms with Gasteiger partial charge in [0.25, 0.3) is 5.91 Å². The number of nitrogens with one attached hydrogen (secondary N) is 2. The summed E-state index contributed by atoms with van der Waals surface area (Å²) >= 11 is 6.24. The van der Waals surface area contributed by atoms with Gasteiger partial charge in [-0.05, 0) is 37.4 Å². The van der Waals surface area contributed by atoms with E-state index in [2.05, 4.69) is 20.5 Å². The monoisotopic (exact) mass is 515 g/mol. The lowest BCUT2D eigenvalue weighted by atomic mass is 10.1. The third kappa shape index (κ3) is 6.97. The standard InChI is InChI=1S/C25H30ClN5O5/c1-4-31(5-2)13-16(32)14-35-22-12-21-15(10-18(22)24(27)33)6-9-23(29-21)36-17-7-8-20(19(26)11-17)30-25(34)28-3/h6-12,16,32H,4-5,13-14H2,1-3H3,(H2,27,33)(H2,28,30,34)/t16-/m1/s1. The highest BCUT2D eigenvalue weighted by molar-refractivity contribution is 6.33. The number of likely N-dealkylation sites (N-methyl/N-ethyl adjacent to an activating group) is 1. The van der Waals surface area contributed by atoms with Gasteiger partial charge in [-0.2, -0.15) is 0 Å². The van der Waals surface area contributed by atoms with Crippen LogP contribution in [0.1, 0.15) is 24.2 Å². The number of hydrogen-bond donors (Lipinski definition) is 4. The van der Waals surface area contributed by atoms with Crippen molar-refractivity contribution in [2.24, 2.45) is 5.73 Å². The Morgan fingerprint density at radius 2 is 1.92 bits per heavy atom. The third-order valence-electron chi connectivity index (χ3n) is 5.46. The Kier molecular flexibility index (Phi) is 9.29. The molecule has 0 saturated carbocycles. The first-order chi connectivity index (χ1) is 17.2. The van der Waals surface area contributed by atoms with Crippen molar-refractivity contribution in [2.45, 2.75) is 20.0 Å². The lowest BCUT2D eigenvalue weighted by Crippen LogP contribution is -2.35. The predicted molar refractivity (Wildman–Crippen MR) is 139 cm³/mol. The molecule has 0 fully saturated rings. The second kappa shape index (κ2) is 12.4. The Bertz CT molecular complexity index is 1230. The van der Waals surface area contributed by atoms with E-state index in [0.717, 1.165) is 13.1 Å². The number of fused-ring (bicyclic) bond motifs is 1. The van der Waals surface area contributed by atoms with E-state index < -0.39 is 18.0 Å². The van der Waals surface area contributed by atoms with Crippen molar-refractivity contribution in [1.29, 1.82) is 0 Å². The number of carbonyl (C=O) groups excluding carboxylic acids is 2. The largest absolute Gasteiger partial charge is 0.490 e. The Morgan fingerprint density at radius 1 is 1.17 bits per heavy atom. The fraction of sp³-hybridized carbons (Fsp3) is 0.320. The average molecular weight is 516 g/mol. The number of aliphatic hydroxyl groups excluding tert-OH is 1. The van der Waals surface area contributed by atoms with E-state index in [1.807, 2.05) is 13.8 Å². The topological polar surface area (TPSA) is 139 Å². The highest BCUT2D eigenvalue weighted by atomic mass is 35.5. The van der Waals surface area contributed by atoms with Gasteiger partial charge in [-0.25, -0.2) is 9.78 Å². The van der Waals surface area contributed by atoms with Crippen molar-refractivity contribution in [1.82, 2.24) is 15.2 Å². The maximum absolute atomic E-state index is 12.0. The average Bonchev–Trinajstić information content (AvgIpc) is 2.86. The van der Waals surface area contributed by atoms with E-state index in [1.165, 1.54) is 7.05 Å². The smallest absolute Gasteiger partial charge is 0.319 e. The van der Waals surface area contributed by atoms with E-state index in [9.17, 15) is 14.7 Å². The molecular weight excluding hydrogens is 486 g/mol. The lowest BCUT2D eigenvalue weighted by Gasteiger charge is -2.22. The summed E-state index contributed by atoms with van der Waals surface area (Å²) < 4.78 is 11.6. The molecule has 0 aliphatic rings. The van der Waals surface area contributed by atoms with Crippen LogP contribution in [0.5, 0.6) is 17.4 Å². The zero-order chi connectivity index (χ0) is 26.2. The Morgan fingerprint density at radius 3 is 2.56 bits per heavy atom. The summed E-state index contributed by atoms with van der Waals surface area (Å²) in [6.45, 7) is 6.08. The van der Waals surface area contributed by atoms with Crippen LogP contribution in [0.2, 0.25) is 5.02 Å². The van der Waals surface area contributed by atoms with Crippen molar-refractivity contribution in [3.63, 3.8) is 0 Å². The van der Waals surface area contributed by atoms with E-state index in [0.29, 0.717) is 33.9 Å². The first-order valence-corrected chi connectivity index (χ1v) is 11.9. The minimum absolute atomic E-state index is 0.00653. The number of rotatable bonds is 11. The number of primary amides is 1. The molecule has 0 radical (unpaired) electrons. The summed E-state index contributed by atoms with van der Waals surface area (Å²) in [5, 5.41) is 16.4. The van der Waals surface area contributed by atoms with Crippen LogP contribution in [0, 0.1) is 0 Å². The van der Waals surface area contributed by atoms with Gasteiger partial charge in [0.2, 0.25) is 5.88 Å². The zero-order valence-electron chi connectivity index (χ0n) is 20.4. The third-order valence-corrected chi connectivity index (χ3v) is 5.78. The van der Waals surface area contributed by atoms with E-state index in [-0.39, 0.29) is 23.8 Å². The summed E-state index contributed by atoms with van der Waals surface area (Å²) in [6.07, 6.45) is -0.741. The van der Waals surface area contributed by atoms with E-state index in [4.69, 9.17) is 26.8 Å². The van der Waals surface area contributed by atoms with Gasteiger partial charge in [0, 0.05) is 37.2 Å². The number of aromatic nitrogens is 1. The van der Waals surface area contributed by atoms with Crippen LogP contribution >= 0.6 is 11.6 Å². The van der Waals surface area contributed by atoms with Crippen LogP contribution in [-0.4, -0.2) is 66.3 Å². The number of ether oxygens (including phenoxy) is 2. The molecule has 192 valence electrons. The molecule has 1 aromatic heterocycles. The SMILES string of the molecule is CCN(CC)C[C@@H](O)COc1cc2nc(Oc3ccc(NC(=O)NC)c(Cl)c3)ccc2cc1C(N)=O. The Hall–Kier alpha value is -3.60. The van der Waals surface area contributed by atoms with Crippen molar-refractivity contribution < 1.29 is 24.2 Å². The summed E-state index contributed by atoms with van der Waals surface area (Å²) in [7, 11) is 1.50. The molecule has 3 aromatic rings.